The second-order valence-corrected chi connectivity index (χ2v) is 6.41. The zero-order valence-corrected chi connectivity index (χ0v) is 12.8. The van der Waals surface area contributed by atoms with Gasteiger partial charge in [-0.3, -0.25) is 0 Å². The van der Waals surface area contributed by atoms with Crippen LogP contribution in [-0.2, 0) is 12.8 Å². The van der Waals surface area contributed by atoms with Crippen molar-refractivity contribution in [1.29, 1.82) is 0 Å². The molecule has 1 aliphatic carbocycles. The Kier molecular flexibility index (Phi) is 3.67. The van der Waals surface area contributed by atoms with Crippen LogP contribution in [0.2, 0.25) is 0 Å². The molecular weight excluding hydrogens is 262 g/mol. The first kappa shape index (κ1) is 13.3. The molecular formula is C16H25N5. The molecule has 2 saturated heterocycles. The van der Waals surface area contributed by atoms with Gasteiger partial charge in [0.2, 0.25) is 5.95 Å². The fourth-order valence-corrected chi connectivity index (χ4v) is 3.76. The van der Waals surface area contributed by atoms with Crippen LogP contribution < -0.4 is 15.1 Å². The summed E-state index contributed by atoms with van der Waals surface area (Å²) >= 11 is 0. The summed E-state index contributed by atoms with van der Waals surface area (Å²) in [6.45, 7) is 6.48. The molecule has 0 saturated carbocycles. The Morgan fingerprint density at radius 2 is 1.52 bits per heavy atom. The molecule has 3 heterocycles. The molecule has 5 nitrogen and oxygen atoms in total. The molecule has 0 atom stereocenters. The molecule has 1 aromatic heterocycles. The monoisotopic (exact) mass is 287 g/mol. The molecule has 114 valence electrons. The van der Waals surface area contributed by atoms with Crippen molar-refractivity contribution in [3.8, 4) is 0 Å². The van der Waals surface area contributed by atoms with E-state index in [9.17, 15) is 0 Å². The van der Waals surface area contributed by atoms with Gasteiger partial charge in [0.15, 0.2) is 0 Å². The van der Waals surface area contributed by atoms with Crippen molar-refractivity contribution >= 4 is 11.8 Å². The van der Waals surface area contributed by atoms with Gasteiger partial charge in [0.1, 0.15) is 5.82 Å². The quantitative estimate of drug-likeness (QED) is 0.890. The second kappa shape index (κ2) is 5.79. The van der Waals surface area contributed by atoms with Crippen LogP contribution in [0.4, 0.5) is 11.8 Å². The molecule has 0 amide bonds. The summed E-state index contributed by atoms with van der Waals surface area (Å²) in [6.07, 6.45) is 7.50. The third-order valence-electron chi connectivity index (χ3n) is 4.95. The van der Waals surface area contributed by atoms with E-state index in [1.807, 2.05) is 0 Å². The smallest absolute Gasteiger partial charge is 0.227 e. The lowest BCUT2D eigenvalue weighted by molar-refractivity contribution is 0.574. The van der Waals surface area contributed by atoms with E-state index in [4.69, 9.17) is 9.97 Å². The van der Waals surface area contributed by atoms with Gasteiger partial charge >= 0.3 is 0 Å². The number of rotatable bonds is 2. The maximum absolute atomic E-state index is 5.00. The van der Waals surface area contributed by atoms with Crippen LogP contribution in [0.1, 0.15) is 36.9 Å². The van der Waals surface area contributed by atoms with Crippen LogP contribution in [0.3, 0.4) is 0 Å². The molecule has 3 aliphatic rings. The number of aromatic nitrogens is 2. The zero-order valence-electron chi connectivity index (χ0n) is 12.8. The maximum atomic E-state index is 5.00. The lowest BCUT2D eigenvalue weighted by Gasteiger charge is -2.31. The Morgan fingerprint density at radius 1 is 0.762 bits per heavy atom. The van der Waals surface area contributed by atoms with Crippen LogP contribution in [0.5, 0.6) is 0 Å². The summed E-state index contributed by atoms with van der Waals surface area (Å²) in [4.78, 5) is 14.8. The SMILES string of the molecule is C1CCc2c(nc(N3CCNCC3)nc2N2CCCC2)C1. The van der Waals surface area contributed by atoms with Crippen molar-refractivity contribution in [2.75, 3.05) is 49.1 Å². The highest BCUT2D eigenvalue weighted by Crippen LogP contribution is 2.31. The van der Waals surface area contributed by atoms with Crippen molar-refractivity contribution in [3.05, 3.63) is 11.3 Å². The number of piperazine rings is 1. The molecule has 2 fully saturated rings. The van der Waals surface area contributed by atoms with Crippen LogP contribution in [0.25, 0.3) is 0 Å². The fourth-order valence-electron chi connectivity index (χ4n) is 3.76. The Morgan fingerprint density at radius 3 is 2.33 bits per heavy atom. The Balaban J connectivity index is 1.72. The highest BCUT2D eigenvalue weighted by Gasteiger charge is 2.25. The molecule has 1 N–H and O–H groups in total. The number of aryl methyl sites for hydroxylation is 1. The number of anilines is 2. The largest absolute Gasteiger partial charge is 0.356 e. The first-order valence-corrected chi connectivity index (χ1v) is 8.52. The fraction of sp³-hybridized carbons (Fsp3) is 0.750. The van der Waals surface area contributed by atoms with E-state index >= 15 is 0 Å². The van der Waals surface area contributed by atoms with Gasteiger partial charge in [0.25, 0.3) is 0 Å². The number of fused-ring (bicyclic) bond motifs is 1. The van der Waals surface area contributed by atoms with E-state index in [0.717, 1.165) is 38.5 Å². The molecule has 1 aromatic rings. The van der Waals surface area contributed by atoms with E-state index in [2.05, 4.69) is 15.1 Å². The second-order valence-electron chi connectivity index (χ2n) is 6.41. The Hall–Kier alpha value is -1.36. The zero-order chi connectivity index (χ0) is 14.1. The van der Waals surface area contributed by atoms with E-state index in [0.29, 0.717) is 0 Å². The highest BCUT2D eigenvalue weighted by molar-refractivity contribution is 5.55. The van der Waals surface area contributed by atoms with Crippen LogP contribution in [-0.4, -0.2) is 49.2 Å². The number of nitrogens with one attached hydrogen (secondary N) is 1. The summed E-state index contributed by atoms with van der Waals surface area (Å²) in [5, 5.41) is 3.41. The van der Waals surface area contributed by atoms with Gasteiger partial charge in [-0.25, -0.2) is 4.98 Å². The van der Waals surface area contributed by atoms with Crippen LogP contribution in [0.15, 0.2) is 0 Å². The summed E-state index contributed by atoms with van der Waals surface area (Å²) in [5.41, 5.74) is 2.77. The summed E-state index contributed by atoms with van der Waals surface area (Å²) in [6, 6.07) is 0. The third-order valence-corrected chi connectivity index (χ3v) is 4.95. The Bertz CT molecular complexity index is 504. The predicted molar refractivity (Wildman–Crippen MR) is 85.2 cm³/mol. The molecule has 4 rings (SSSR count). The average molecular weight is 287 g/mol. The summed E-state index contributed by atoms with van der Waals surface area (Å²) < 4.78 is 0. The number of hydrogen-bond donors (Lipinski definition) is 1. The summed E-state index contributed by atoms with van der Waals surface area (Å²) in [5.74, 6) is 2.23. The highest BCUT2D eigenvalue weighted by atomic mass is 15.3. The van der Waals surface area contributed by atoms with Gasteiger partial charge in [-0.15, -0.1) is 0 Å². The Labute approximate surface area is 126 Å². The van der Waals surface area contributed by atoms with Gasteiger partial charge in [-0.2, -0.15) is 4.98 Å². The van der Waals surface area contributed by atoms with Crippen molar-refractivity contribution in [2.45, 2.75) is 38.5 Å². The van der Waals surface area contributed by atoms with Crippen molar-refractivity contribution in [2.24, 2.45) is 0 Å². The van der Waals surface area contributed by atoms with E-state index in [1.54, 1.807) is 0 Å². The van der Waals surface area contributed by atoms with Crippen LogP contribution in [0, 0.1) is 0 Å². The number of hydrogen-bond acceptors (Lipinski definition) is 5. The molecule has 0 radical (unpaired) electrons. The lowest BCUT2D eigenvalue weighted by atomic mass is 9.96. The van der Waals surface area contributed by atoms with Gasteiger partial charge in [0, 0.05) is 44.8 Å². The first-order chi connectivity index (χ1) is 10.4. The van der Waals surface area contributed by atoms with Gasteiger partial charge in [0.05, 0.1) is 5.69 Å². The van der Waals surface area contributed by atoms with E-state index in [-0.39, 0.29) is 0 Å². The summed E-state index contributed by atoms with van der Waals surface area (Å²) in [7, 11) is 0. The molecule has 2 aliphatic heterocycles. The third kappa shape index (κ3) is 2.59. The lowest BCUT2D eigenvalue weighted by Crippen LogP contribution is -2.44. The normalized spacial score (nSPS) is 22.5. The molecule has 5 heteroatoms. The average Bonchev–Trinajstić information content (AvgIpc) is 3.09. The van der Waals surface area contributed by atoms with Gasteiger partial charge < -0.3 is 15.1 Å². The van der Waals surface area contributed by atoms with Crippen molar-refractivity contribution in [3.63, 3.8) is 0 Å². The number of nitrogens with zero attached hydrogens (tertiary/aromatic N) is 4. The van der Waals surface area contributed by atoms with E-state index < -0.39 is 0 Å². The van der Waals surface area contributed by atoms with E-state index in [1.165, 1.54) is 62.3 Å². The molecule has 0 aromatic carbocycles. The maximum Gasteiger partial charge on any atom is 0.227 e. The van der Waals surface area contributed by atoms with Gasteiger partial charge in [-0.05, 0) is 38.5 Å². The standard InChI is InChI=1S/C16H25N5/c1-2-6-14-13(5-1)15(20-9-3-4-10-20)19-16(18-14)21-11-7-17-8-12-21/h17H,1-12H2. The molecule has 0 bridgehead atoms. The predicted octanol–water partition coefficient (Wildman–Crippen LogP) is 1.37. The topological polar surface area (TPSA) is 44.3 Å². The minimum absolute atomic E-state index is 0.971. The first-order valence-electron chi connectivity index (χ1n) is 8.52. The molecule has 0 spiro atoms. The minimum Gasteiger partial charge on any atom is -0.356 e. The van der Waals surface area contributed by atoms with Crippen LogP contribution >= 0.6 is 0 Å². The molecule has 0 unspecified atom stereocenters. The van der Waals surface area contributed by atoms with Crippen molar-refractivity contribution in [1.82, 2.24) is 15.3 Å². The minimum atomic E-state index is 0.971. The van der Waals surface area contributed by atoms with Gasteiger partial charge in [-0.1, -0.05) is 0 Å². The molecule has 21 heavy (non-hydrogen) atoms. The van der Waals surface area contributed by atoms with Crippen molar-refractivity contribution < 1.29 is 0 Å².